The number of fused-ring (bicyclic) bond motifs is 3. The standard InChI is InChI=1S/C19H12BrN5/c20-12-7-5-11(6-8-12)17-13(9-21)18(23)25-16-4-2-1-3-15(16)24-19(25)14(17)10-22/h1-8,17,24H,23H2/t17-/m0/s1. The molecule has 120 valence electrons. The molecule has 1 atom stereocenters. The van der Waals surface area contributed by atoms with Gasteiger partial charge in [-0.15, -0.1) is 0 Å². The van der Waals surface area contributed by atoms with Crippen LogP contribution in [0.1, 0.15) is 11.5 Å². The van der Waals surface area contributed by atoms with Crippen LogP contribution < -0.4 is 16.0 Å². The highest BCUT2D eigenvalue weighted by atomic mass is 79.9. The van der Waals surface area contributed by atoms with Crippen LogP contribution in [0.2, 0.25) is 0 Å². The average molecular weight is 390 g/mol. The molecule has 4 rings (SSSR count). The molecule has 0 bridgehead atoms. The lowest BCUT2D eigenvalue weighted by atomic mass is 9.83. The molecule has 5 nitrogen and oxygen atoms in total. The Hall–Kier alpha value is -3.22. The van der Waals surface area contributed by atoms with E-state index in [0.29, 0.717) is 22.8 Å². The van der Waals surface area contributed by atoms with Crippen LogP contribution in [0.15, 0.2) is 75.8 Å². The highest BCUT2D eigenvalue weighted by Crippen LogP contribution is 2.47. The highest BCUT2D eigenvalue weighted by Gasteiger charge is 2.39. The summed E-state index contributed by atoms with van der Waals surface area (Å²) in [5.41, 5.74) is 9.76. The monoisotopic (exact) mass is 389 g/mol. The number of hydrogen-bond donors (Lipinski definition) is 2. The third kappa shape index (κ3) is 2.20. The van der Waals surface area contributed by atoms with Crippen molar-refractivity contribution in [2.75, 3.05) is 10.2 Å². The maximum absolute atomic E-state index is 9.85. The Morgan fingerprint density at radius 3 is 2.36 bits per heavy atom. The Balaban J connectivity index is 1.96. The molecule has 2 aromatic rings. The third-order valence-electron chi connectivity index (χ3n) is 4.42. The fraction of sp³-hybridized carbons (Fsp3) is 0.0526. The molecular weight excluding hydrogens is 378 g/mol. The van der Waals surface area contributed by atoms with Gasteiger partial charge in [-0.25, -0.2) is 0 Å². The summed E-state index contributed by atoms with van der Waals surface area (Å²) < 4.78 is 0.932. The van der Waals surface area contributed by atoms with E-state index in [1.54, 1.807) is 4.90 Å². The summed E-state index contributed by atoms with van der Waals surface area (Å²) in [5.74, 6) is 0.478. The second kappa shape index (κ2) is 5.70. The first-order chi connectivity index (χ1) is 12.2. The molecule has 0 aliphatic carbocycles. The van der Waals surface area contributed by atoms with Crippen LogP contribution in [0, 0.1) is 22.7 Å². The molecule has 3 N–H and O–H groups in total. The fourth-order valence-electron chi connectivity index (χ4n) is 3.29. The molecule has 2 aliphatic rings. The van der Waals surface area contributed by atoms with Crippen LogP contribution in [-0.4, -0.2) is 0 Å². The predicted octanol–water partition coefficient (Wildman–Crippen LogP) is 3.91. The normalized spacial score (nSPS) is 18.2. The van der Waals surface area contributed by atoms with Crippen LogP contribution in [0.25, 0.3) is 0 Å². The molecule has 0 spiro atoms. The minimum Gasteiger partial charge on any atom is -0.384 e. The lowest BCUT2D eigenvalue weighted by Gasteiger charge is -2.31. The van der Waals surface area contributed by atoms with Crippen molar-refractivity contribution < 1.29 is 0 Å². The van der Waals surface area contributed by atoms with Gasteiger partial charge in [0.15, 0.2) is 0 Å². The Labute approximate surface area is 153 Å². The number of benzene rings is 2. The van der Waals surface area contributed by atoms with Gasteiger partial charge in [0.25, 0.3) is 0 Å². The first kappa shape index (κ1) is 15.3. The topological polar surface area (TPSA) is 88.9 Å². The van der Waals surface area contributed by atoms with Gasteiger partial charge in [0.05, 0.1) is 40.6 Å². The van der Waals surface area contributed by atoms with Crippen molar-refractivity contribution in [2.24, 2.45) is 5.73 Å². The van der Waals surface area contributed by atoms with Gasteiger partial charge in [-0.1, -0.05) is 40.2 Å². The average Bonchev–Trinajstić information content (AvgIpc) is 3.02. The van der Waals surface area contributed by atoms with E-state index in [-0.39, 0.29) is 0 Å². The summed E-state index contributed by atoms with van der Waals surface area (Å²) in [5, 5.41) is 22.9. The van der Waals surface area contributed by atoms with Crippen LogP contribution >= 0.6 is 15.9 Å². The number of para-hydroxylation sites is 2. The Kier molecular flexibility index (Phi) is 3.49. The summed E-state index contributed by atoms with van der Waals surface area (Å²) >= 11 is 3.41. The molecule has 0 saturated carbocycles. The number of anilines is 2. The van der Waals surface area contributed by atoms with Crippen molar-refractivity contribution in [1.82, 2.24) is 0 Å². The lowest BCUT2D eigenvalue weighted by Crippen LogP contribution is -2.34. The molecule has 0 amide bonds. The highest BCUT2D eigenvalue weighted by molar-refractivity contribution is 9.10. The van der Waals surface area contributed by atoms with Crippen LogP contribution in [0.5, 0.6) is 0 Å². The van der Waals surface area contributed by atoms with Gasteiger partial charge in [-0.3, -0.25) is 4.90 Å². The van der Waals surface area contributed by atoms with Crippen molar-refractivity contribution in [3.8, 4) is 12.1 Å². The lowest BCUT2D eigenvalue weighted by molar-refractivity contribution is 0.868. The van der Waals surface area contributed by atoms with E-state index in [1.807, 2.05) is 48.5 Å². The number of nitriles is 2. The number of nitrogens with zero attached hydrogens (tertiary/aromatic N) is 3. The maximum Gasteiger partial charge on any atom is 0.131 e. The number of nitrogens with one attached hydrogen (secondary N) is 1. The van der Waals surface area contributed by atoms with E-state index >= 15 is 0 Å². The van der Waals surface area contributed by atoms with E-state index in [4.69, 9.17) is 5.73 Å². The molecule has 0 unspecified atom stereocenters. The Morgan fingerprint density at radius 2 is 1.68 bits per heavy atom. The number of nitrogens with two attached hydrogens (primary N) is 1. The molecule has 0 saturated heterocycles. The molecule has 6 heteroatoms. The minimum absolute atomic E-state index is 0.349. The molecule has 2 aromatic carbocycles. The fourth-order valence-corrected chi connectivity index (χ4v) is 3.56. The van der Waals surface area contributed by atoms with Crippen molar-refractivity contribution in [3.05, 3.63) is 81.4 Å². The summed E-state index contributed by atoms with van der Waals surface area (Å²) in [4.78, 5) is 1.75. The molecule has 25 heavy (non-hydrogen) atoms. The SMILES string of the molecule is N#CC1=C(N)N2C(=C(C#N)[C@H]1c1ccc(Br)cc1)Nc1ccccc12. The van der Waals surface area contributed by atoms with Crippen molar-refractivity contribution in [2.45, 2.75) is 5.92 Å². The van der Waals surface area contributed by atoms with Gasteiger partial charge >= 0.3 is 0 Å². The third-order valence-corrected chi connectivity index (χ3v) is 4.94. The van der Waals surface area contributed by atoms with E-state index < -0.39 is 5.92 Å². The molecular formula is C19H12BrN5. The Morgan fingerprint density at radius 1 is 1.00 bits per heavy atom. The summed E-state index contributed by atoms with van der Waals surface area (Å²) in [6.07, 6.45) is 0. The van der Waals surface area contributed by atoms with Gasteiger partial charge in [-0.05, 0) is 29.8 Å². The number of allylic oxidation sites excluding steroid dienone is 2. The molecule has 0 fully saturated rings. The molecule has 2 heterocycles. The summed E-state index contributed by atoms with van der Waals surface area (Å²) in [7, 11) is 0. The van der Waals surface area contributed by atoms with Crippen LogP contribution in [-0.2, 0) is 0 Å². The largest absolute Gasteiger partial charge is 0.384 e. The van der Waals surface area contributed by atoms with E-state index in [0.717, 1.165) is 21.4 Å². The predicted molar refractivity (Wildman–Crippen MR) is 98.9 cm³/mol. The van der Waals surface area contributed by atoms with Gasteiger partial charge in [0.2, 0.25) is 0 Å². The molecule has 2 aliphatic heterocycles. The first-order valence-corrected chi connectivity index (χ1v) is 8.40. The van der Waals surface area contributed by atoms with Crippen molar-refractivity contribution in [1.29, 1.82) is 10.5 Å². The zero-order chi connectivity index (χ0) is 17.6. The number of rotatable bonds is 1. The van der Waals surface area contributed by atoms with Crippen molar-refractivity contribution >= 4 is 27.3 Å². The molecule has 0 aromatic heterocycles. The smallest absolute Gasteiger partial charge is 0.131 e. The van der Waals surface area contributed by atoms with E-state index in [2.05, 4.69) is 33.4 Å². The van der Waals surface area contributed by atoms with Crippen molar-refractivity contribution in [3.63, 3.8) is 0 Å². The van der Waals surface area contributed by atoms with Crippen LogP contribution in [0.3, 0.4) is 0 Å². The Bertz CT molecular complexity index is 1020. The van der Waals surface area contributed by atoms with Crippen LogP contribution in [0.4, 0.5) is 11.4 Å². The zero-order valence-electron chi connectivity index (χ0n) is 13.0. The second-order valence-electron chi connectivity index (χ2n) is 5.75. The number of halogens is 1. The zero-order valence-corrected chi connectivity index (χ0v) is 14.6. The van der Waals surface area contributed by atoms with Gasteiger partial charge in [0, 0.05) is 4.47 Å². The molecule has 0 radical (unpaired) electrons. The summed E-state index contributed by atoms with van der Waals surface area (Å²) in [6.45, 7) is 0. The van der Waals surface area contributed by atoms with E-state index in [1.165, 1.54) is 0 Å². The van der Waals surface area contributed by atoms with Gasteiger partial charge in [0.1, 0.15) is 11.6 Å². The van der Waals surface area contributed by atoms with E-state index in [9.17, 15) is 10.5 Å². The maximum atomic E-state index is 9.85. The first-order valence-electron chi connectivity index (χ1n) is 7.61. The number of hydrogen-bond acceptors (Lipinski definition) is 5. The summed E-state index contributed by atoms with van der Waals surface area (Å²) in [6, 6.07) is 19.7. The quantitative estimate of drug-likeness (QED) is 0.771. The van der Waals surface area contributed by atoms with Gasteiger partial charge in [-0.2, -0.15) is 10.5 Å². The second-order valence-corrected chi connectivity index (χ2v) is 6.66. The minimum atomic E-state index is -0.490. The van der Waals surface area contributed by atoms with Gasteiger partial charge < -0.3 is 11.1 Å².